The molecule has 50 valence electrons. The van der Waals surface area contributed by atoms with Gasteiger partial charge in [-0.1, -0.05) is 36.5 Å². The molecule has 0 spiro atoms. The van der Waals surface area contributed by atoms with Crippen LogP contribution >= 0.6 is 0 Å². The maximum absolute atomic E-state index is 2.39. The van der Waals surface area contributed by atoms with E-state index in [9.17, 15) is 0 Å². The smallest absolute Gasteiger partial charge is 0.0595 e. The maximum atomic E-state index is 2.39. The van der Waals surface area contributed by atoms with E-state index >= 15 is 0 Å². The second kappa shape index (κ2) is 3.02. The highest BCUT2D eigenvalue weighted by Crippen LogP contribution is 2.13. The van der Waals surface area contributed by atoms with Gasteiger partial charge in [-0.15, -0.1) is 0 Å². The lowest BCUT2D eigenvalue weighted by Crippen LogP contribution is -2.06. The first kappa shape index (κ1) is 6.81. The molecule has 0 radical (unpaired) electrons. The molecule has 0 nitrogen and oxygen atoms in total. The van der Waals surface area contributed by atoms with E-state index in [4.69, 9.17) is 0 Å². The maximum Gasteiger partial charge on any atom is 0.0595 e. The van der Waals surface area contributed by atoms with Gasteiger partial charge in [-0.05, 0) is 12.8 Å². The monoisotopic (exact) mass is 138 g/mol. The second-order valence-corrected chi connectivity index (χ2v) is 5.91. The van der Waals surface area contributed by atoms with Crippen LogP contribution in [0.3, 0.4) is 0 Å². The molecular weight excluding hydrogens is 124 g/mol. The van der Waals surface area contributed by atoms with Gasteiger partial charge in [0, 0.05) is 0 Å². The summed E-state index contributed by atoms with van der Waals surface area (Å²) in [6.45, 7) is 4.79. The van der Waals surface area contributed by atoms with E-state index in [0.29, 0.717) is 0 Å². The predicted octanol–water partition coefficient (Wildman–Crippen LogP) is 2.29. The third-order valence-corrected chi connectivity index (χ3v) is 3.75. The van der Waals surface area contributed by atoms with Gasteiger partial charge >= 0.3 is 0 Å². The van der Waals surface area contributed by atoms with E-state index in [0.717, 1.165) is 0 Å². The summed E-state index contributed by atoms with van der Waals surface area (Å²) in [5.41, 5.74) is 0. The van der Waals surface area contributed by atoms with Crippen LogP contribution in [0.2, 0.25) is 13.1 Å². The molecule has 9 heavy (non-hydrogen) atoms. The van der Waals surface area contributed by atoms with Crippen molar-refractivity contribution in [3.05, 3.63) is 23.4 Å². The van der Waals surface area contributed by atoms with Crippen molar-refractivity contribution in [1.29, 1.82) is 0 Å². The summed E-state index contributed by atoms with van der Waals surface area (Å²) < 4.78 is 0. The molecule has 0 fully saturated rings. The Kier molecular flexibility index (Phi) is 2.28. The van der Waals surface area contributed by atoms with Crippen LogP contribution in [0.5, 0.6) is 0 Å². The van der Waals surface area contributed by atoms with Crippen molar-refractivity contribution >= 4 is 8.80 Å². The fourth-order valence-electron chi connectivity index (χ4n) is 1.10. The summed E-state index contributed by atoms with van der Waals surface area (Å²) in [5.74, 6) is 0. The number of hydrogen-bond acceptors (Lipinski definition) is 0. The molecule has 1 rings (SSSR count). The van der Waals surface area contributed by atoms with Crippen molar-refractivity contribution in [1.82, 2.24) is 0 Å². The van der Waals surface area contributed by atoms with E-state index in [-0.39, 0.29) is 0 Å². The zero-order valence-corrected chi connectivity index (χ0v) is 7.38. The zero-order chi connectivity index (χ0) is 6.69. The van der Waals surface area contributed by atoms with E-state index < -0.39 is 8.80 Å². The van der Waals surface area contributed by atoms with Gasteiger partial charge in [-0.3, -0.25) is 0 Å². The highest BCUT2D eigenvalue weighted by atomic mass is 28.3. The van der Waals surface area contributed by atoms with Crippen molar-refractivity contribution in [2.45, 2.75) is 25.9 Å². The van der Waals surface area contributed by atoms with Crippen LogP contribution in [0.25, 0.3) is 0 Å². The Morgan fingerprint density at radius 3 is 2.56 bits per heavy atom. The predicted molar refractivity (Wildman–Crippen MR) is 45.3 cm³/mol. The molecule has 0 amide bonds. The number of rotatable bonds is 1. The first-order valence-corrected chi connectivity index (χ1v) is 6.55. The van der Waals surface area contributed by atoms with Crippen molar-refractivity contribution in [2.75, 3.05) is 0 Å². The highest BCUT2D eigenvalue weighted by Gasteiger charge is 2.03. The van der Waals surface area contributed by atoms with Crippen LogP contribution in [0, 0.1) is 0 Å². The Morgan fingerprint density at radius 2 is 2.22 bits per heavy atom. The van der Waals surface area contributed by atoms with Gasteiger partial charge in [-0.25, -0.2) is 0 Å². The third kappa shape index (κ3) is 1.83. The Balaban J connectivity index is 2.57. The summed E-state index contributed by atoms with van der Waals surface area (Å²) in [6.07, 6.45) is 9.36. The van der Waals surface area contributed by atoms with Gasteiger partial charge in [0.25, 0.3) is 0 Å². The van der Waals surface area contributed by atoms with Gasteiger partial charge in [0.2, 0.25) is 0 Å². The SMILES string of the molecule is C[SiH](C)C1=CC=CCC1. The lowest BCUT2D eigenvalue weighted by molar-refractivity contribution is 1.01. The molecule has 0 aromatic carbocycles. The first-order chi connectivity index (χ1) is 4.30. The minimum atomic E-state index is -0.442. The molecule has 0 N–H and O–H groups in total. The van der Waals surface area contributed by atoms with Crippen molar-refractivity contribution in [2.24, 2.45) is 0 Å². The standard InChI is InChI=1S/C8H14Si/c1-9(2)8-6-4-3-5-7-8/h3-4,6,9H,5,7H2,1-2H3. The van der Waals surface area contributed by atoms with E-state index in [1.54, 1.807) is 5.20 Å². The van der Waals surface area contributed by atoms with Crippen LogP contribution in [-0.4, -0.2) is 8.80 Å². The van der Waals surface area contributed by atoms with Gasteiger partial charge in [0.1, 0.15) is 0 Å². The fourth-order valence-corrected chi connectivity index (χ4v) is 2.34. The van der Waals surface area contributed by atoms with E-state index in [1.807, 2.05) is 0 Å². The van der Waals surface area contributed by atoms with E-state index in [2.05, 4.69) is 31.3 Å². The van der Waals surface area contributed by atoms with Crippen molar-refractivity contribution < 1.29 is 0 Å². The van der Waals surface area contributed by atoms with Crippen LogP contribution < -0.4 is 0 Å². The summed E-state index contributed by atoms with van der Waals surface area (Å²) in [5, 5.41) is 1.73. The molecule has 0 bridgehead atoms. The molecule has 1 aliphatic carbocycles. The lowest BCUT2D eigenvalue weighted by Gasteiger charge is -2.10. The molecule has 0 aromatic rings. The summed E-state index contributed by atoms with van der Waals surface area (Å²) >= 11 is 0. The normalized spacial score (nSPS) is 18.3. The number of allylic oxidation sites excluding steroid dienone is 4. The quantitative estimate of drug-likeness (QED) is 0.488. The van der Waals surface area contributed by atoms with Crippen LogP contribution in [0.1, 0.15) is 12.8 Å². The largest absolute Gasteiger partial charge is 0.0843 e. The number of hydrogen-bond donors (Lipinski definition) is 0. The molecular formula is C8H14Si. The summed E-state index contributed by atoms with van der Waals surface area (Å²) in [4.78, 5) is 0. The van der Waals surface area contributed by atoms with Crippen LogP contribution in [0.15, 0.2) is 23.4 Å². The van der Waals surface area contributed by atoms with Crippen LogP contribution in [-0.2, 0) is 0 Å². The summed E-state index contributed by atoms with van der Waals surface area (Å²) in [7, 11) is -0.442. The Labute approximate surface area is 58.9 Å². The zero-order valence-electron chi connectivity index (χ0n) is 6.22. The van der Waals surface area contributed by atoms with Gasteiger partial charge in [0.15, 0.2) is 0 Å². The van der Waals surface area contributed by atoms with Gasteiger partial charge < -0.3 is 0 Å². The average Bonchev–Trinajstić information content (AvgIpc) is 1.90. The lowest BCUT2D eigenvalue weighted by atomic mass is 10.2. The molecule has 0 aliphatic heterocycles. The molecule has 1 aliphatic rings. The molecule has 0 unspecified atom stereocenters. The van der Waals surface area contributed by atoms with Crippen molar-refractivity contribution in [3.63, 3.8) is 0 Å². The van der Waals surface area contributed by atoms with Gasteiger partial charge in [0.05, 0.1) is 8.80 Å². The summed E-state index contributed by atoms with van der Waals surface area (Å²) in [6, 6.07) is 0. The third-order valence-electron chi connectivity index (χ3n) is 1.79. The molecule has 0 saturated carbocycles. The average molecular weight is 138 g/mol. The Hall–Kier alpha value is -0.303. The topological polar surface area (TPSA) is 0 Å². The Morgan fingerprint density at radius 1 is 1.44 bits per heavy atom. The minimum absolute atomic E-state index is 0.442. The van der Waals surface area contributed by atoms with Gasteiger partial charge in [-0.2, -0.15) is 0 Å². The molecule has 0 heterocycles. The van der Waals surface area contributed by atoms with Crippen LogP contribution in [0.4, 0.5) is 0 Å². The second-order valence-electron chi connectivity index (χ2n) is 2.86. The molecule has 1 heteroatoms. The van der Waals surface area contributed by atoms with Crippen molar-refractivity contribution in [3.8, 4) is 0 Å². The first-order valence-electron chi connectivity index (χ1n) is 3.66. The fraction of sp³-hybridized carbons (Fsp3) is 0.500. The minimum Gasteiger partial charge on any atom is -0.0843 e. The molecule has 0 saturated heterocycles. The Bertz CT molecular complexity index is 143. The van der Waals surface area contributed by atoms with E-state index in [1.165, 1.54) is 12.8 Å². The molecule has 0 aromatic heterocycles. The molecule has 0 atom stereocenters. The highest BCUT2D eigenvalue weighted by molar-refractivity contribution is 6.64.